The van der Waals surface area contributed by atoms with E-state index in [0.717, 1.165) is 16.7 Å². The first-order valence-corrected chi connectivity index (χ1v) is 8.16. The molecule has 3 aromatic rings. The van der Waals surface area contributed by atoms with Gasteiger partial charge in [0.2, 0.25) is 0 Å². The Hall–Kier alpha value is -2.87. The molecule has 0 heterocycles. The lowest BCUT2D eigenvalue weighted by Crippen LogP contribution is -2.13. The number of carbonyl (C=O) groups is 1. The molecule has 3 rings (SSSR count). The van der Waals surface area contributed by atoms with E-state index in [2.05, 4.69) is 0 Å². The summed E-state index contributed by atoms with van der Waals surface area (Å²) in [6.07, 6.45) is 0.701. The highest BCUT2D eigenvalue weighted by atomic mass is 16.5. The average molecular weight is 316 g/mol. The molecule has 0 aromatic heterocycles. The highest BCUT2D eigenvalue weighted by Crippen LogP contribution is 2.26. The first kappa shape index (κ1) is 16.0. The molecule has 0 bridgehead atoms. The first-order chi connectivity index (χ1) is 11.8. The molecule has 0 amide bonds. The van der Waals surface area contributed by atoms with Crippen molar-refractivity contribution < 1.29 is 9.53 Å². The highest BCUT2D eigenvalue weighted by Gasteiger charge is 2.18. The van der Waals surface area contributed by atoms with Crippen molar-refractivity contribution >= 4 is 5.97 Å². The number of carbonyl (C=O) groups excluding carboxylic acids is 1. The van der Waals surface area contributed by atoms with Gasteiger partial charge < -0.3 is 4.74 Å². The maximum absolute atomic E-state index is 12.4. The van der Waals surface area contributed by atoms with Gasteiger partial charge in [-0.25, -0.2) is 0 Å². The Bertz CT molecular complexity index is 712. The molecule has 120 valence electrons. The zero-order chi connectivity index (χ0) is 16.6. The largest absolute Gasteiger partial charge is 0.453 e. The van der Waals surface area contributed by atoms with Crippen molar-refractivity contribution in [3.63, 3.8) is 0 Å². The molecular weight excluding hydrogens is 296 g/mol. The minimum Gasteiger partial charge on any atom is -0.453 e. The Balaban J connectivity index is 1.71. The fourth-order valence-electron chi connectivity index (χ4n) is 2.67. The van der Waals surface area contributed by atoms with E-state index in [1.54, 1.807) is 0 Å². The van der Waals surface area contributed by atoms with Crippen LogP contribution < -0.4 is 0 Å². The zero-order valence-electron chi connectivity index (χ0n) is 13.5. The SMILES string of the molecule is O=C(CCc1ccccc1)OC(c1ccccc1)c1ccccc1. The summed E-state index contributed by atoms with van der Waals surface area (Å²) in [5, 5.41) is 0. The topological polar surface area (TPSA) is 26.3 Å². The second kappa shape index (κ2) is 8.11. The zero-order valence-corrected chi connectivity index (χ0v) is 13.5. The van der Waals surface area contributed by atoms with Gasteiger partial charge in [-0.3, -0.25) is 4.79 Å². The van der Waals surface area contributed by atoms with Crippen molar-refractivity contribution in [1.82, 2.24) is 0 Å². The lowest BCUT2D eigenvalue weighted by molar-refractivity contribution is -0.147. The second-order valence-corrected chi connectivity index (χ2v) is 5.68. The maximum Gasteiger partial charge on any atom is 0.307 e. The predicted octanol–water partition coefficient (Wildman–Crippen LogP) is 4.95. The van der Waals surface area contributed by atoms with Crippen LogP contribution >= 0.6 is 0 Å². The number of rotatable bonds is 6. The minimum atomic E-state index is -0.365. The molecule has 0 fully saturated rings. The van der Waals surface area contributed by atoms with Crippen LogP contribution in [0.25, 0.3) is 0 Å². The van der Waals surface area contributed by atoms with E-state index >= 15 is 0 Å². The normalized spacial score (nSPS) is 10.5. The van der Waals surface area contributed by atoms with Crippen molar-refractivity contribution in [1.29, 1.82) is 0 Å². The van der Waals surface area contributed by atoms with Crippen LogP contribution in [-0.2, 0) is 16.0 Å². The van der Waals surface area contributed by atoms with Crippen LogP contribution in [0, 0.1) is 0 Å². The van der Waals surface area contributed by atoms with Crippen LogP contribution in [0.3, 0.4) is 0 Å². The summed E-state index contributed by atoms with van der Waals surface area (Å²) >= 11 is 0. The molecule has 0 saturated carbocycles. The summed E-state index contributed by atoms with van der Waals surface area (Å²) in [4.78, 5) is 12.4. The summed E-state index contributed by atoms with van der Waals surface area (Å²) in [5.74, 6) is -0.184. The molecule has 0 radical (unpaired) electrons. The summed E-state index contributed by atoms with van der Waals surface area (Å²) in [5.41, 5.74) is 3.11. The molecular formula is C22H20O2. The Kier molecular flexibility index (Phi) is 5.41. The lowest BCUT2D eigenvalue weighted by Gasteiger charge is -2.19. The molecule has 0 aliphatic carbocycles. The van der Waals surface area contributed by atoms with E-state index < -0.39 is 0 Å². The van der Waals surface area contributed by atoms with Crippen LogP contribution in [0.2, 0.25) is 0 Å². The van der Waals surface area contributed by atoms with E-state index in [0.29, 0.717) is 12.8 Å². The van der Waals surface area contributed by atoms with Gasteiger partial charge in [-0.15, -0.1) is 0 Å². The summed E-state index contributed by atoms with van der Waals surface area (Å²) in [7, 11) is 0. The van der Waals surface area contributed by atoms with Gasteiger partial charge in [-0.05, 0) is 23.1 Å². The Morgan fingerprint density at radius 1 is 0.708 bits per heavy atom. The Morgan fingerprint density at radius 3 is 1.67 bits per heavy atom. The number of hydrogen-bond acceptors (Lipinski definition) is 2. The number of ether oxygens (including phenoxy) is 1. The predicted molar refractivity (Wildman–Crippen MR) is 95.6 cm³/mol. The number of esters is 1. The smallest absolute Gasteiger partial charge is 0.307 e. The number of hydrogen-bond donors (Lipinski definition) is 0. The molecule has 0 aliphatic rings. The van der Waals surface area contributed by atoms with E-state index in [1.165, 1.54) is 0 Å². The third kappa shape index (κ3) is 4.32. The van der Waals surface area contributed by atoms with Crippen LogP contribution in [0.4, 0.5) is 0 Å². The molecule has 0 N–H and O–H groups in total. The number of benzene rings is 3. The molecule has 2 heteroatoms. The fraction of sp³-hybridized carbons (Fsp3) is 0.136. The van der Waals surface area contributed by atoms with Crippen molar-refractivity contribution in [3.8, 4) is 0 Å². The molecule has 2 nitrogen and oxygen atoms in total. The van der Waals surface area contributed by atoms with Gasteiger partial charge in [0.1, 0.15) is 0 Å². The maximum atomic E-state index is 12.4. The third-order valence-corrected chi connectivity index (χ3v) is 3.91. The third-order valence-electron chi connectivity index (χ3n) is 3.91. The van der Waals surface area contributed by atoms with Gasteiger partial charge in [-0.1, -0.05) is 91.0 Å². The van der Waals surface area contributed by atoms with Crippen molar-refractivity contribution in [2.75, 3.05) is 0 Å². The molecule has 0 unspecified atom stereocenters. The average Bonchev–Trinajstić information content (AvgIpc) is 2.67. The Morgan fingerprint density at radius 2 is 1.17 bits per heavy atom. The minimum absolute atomic E-state index is 0.184. The quantitative estimate of drug-likeness (QED) is 0.601. The van der Waals surface area contributed by atoms with Gasteiger partial charge >= 0.3 is 5.97 Å². The lowest BCUT2D eigenvalue weighted by atomic mass is 10.0. The monoisotopic (exact) mass is 316 g/mol. The van der Waals surface area contributed by atoms with Gasteiger partial charge in [0.15, 0.2) is 6.10 Å². The van der Waals surface area contributed by atoms with Crippen LogP contribution in [0.15, 0.2) is 91.0 Å². The van der Waals surface area contributed by atoms with Gasteiger partial charge in [0.05, 0.1) is 0 Å². The van der Waals surface area contributed by atoms with Gasteiger partial charge in [-0.2, -0.15) is 0 Å². The van der Waals surface area contributed by atoms with Crippen molar-refractivity contribution in [3.05, 3.63) is 108 Å². The van der Waals surface area contributed by atoms with E-state index in [-0.39, 0.29) is 12.1 Å². The van der Waals surface area contributed by atoms with E-state index in [1.807, 2.05) is 91.0 Å². The van der Waals surface area contributed by atoms with Crippen LogP contribution in [0.1, 0.15) is 29.2 Å². The molecule has 0 spiro atoms. The van der Waals surface area contributed by atoms with Crippen LogP contribution in [0.5, 0.6) is 0 Å². The molecule has 0 atom stereocenters. The first-order valence-electron chi connectivity index (χ1n) is 8.16. The molecule has 0 aliphatic heterocycles. The molecule has 24 heavy (non-hydrogen) atoms. The summed E-state index contributed by atoms with van der Waals surface area (Å²) in [6, 6.07) is 29.7. The summed E-state index contributed by atoms with van der Waals surface area (Å²) in [6.45, 7) is 0. The standard InChI is InChI=1S/C22H20O2/c23-21(17-16-18-10-4-1-5-11-18)24-22(19-12-6-2-7-13-19)20-14-8-3-9-15-20/h1-15,22H,16-17H2. The van der Waals surface area contributed by atoms with Gasteiger partial charge in [0, 0.05) is 6.42 Å². The second-order valence-electron chi connectivity index (χ2n) is 5.68. The van der Waals surface area contributed by atoms with E-state index in [4.69, 9.17) is 4.74 Å². The van der Waals surface area contributed by atoms with Crippen LogP contribution in [-0.4, -0.2) is 5.97 Å². The Labute approximate surface area is 142 Å². The number of aryl methyl sites for hydroxylation is 1. The fourth-order valence-corrected chi connectivity index (χ4v) is 2.67. The summed E-state index contributed by atoms with van der Waals surface area (Å²) < 4.78 is 5.81. The van der Waals surface area contributed by atoms with E-state index in [9.17, 15) is 4.79 Å². The molecule has 3 aromatic carbocycles. The highest BCUT2D eigenvalue weighted by molar-refractivity contribution is 5.70. The van der Waals surface area contributed by atoms with Crippen molar-refractivity contribution in [2.24, 2.45) is 0 Å². The van der Waals surface area contributed by atoms with Crippen molar-refractivity contribution in [2.45, 2.75) is 18.9 Å². The molecule has 0 saturated heterocycles. The van der Waals surface area contributed by atoms with Gasteiger partial charge in [0.25, 0.3) is 0 Å².